The summed E-state index contributed by atoms with van der Waals surface area (Å²) >= 11 is 0. The van der Waals surface area contributed by atoms with E-state index in [2.05, 4.69) is 15.1 Å². The van der Waals surface area contributed by atoms with Gasteiger partial charge in [0.15, 0.2) is 5.82 Å². The van der Waals surface area contributed by atoms with E-state index in [1.807, 2.05) is 23.9 Å². The molecule has 0 aliphatic carbocycles. The molecule has 5 heteroatoms. The van der Waals surface area contributed by atoms with E-state index in [0.29, 0.717) is 5.92 Å². The van der Waals surface area contributed by atoms with Gasteiger partial charge in [0.1, 0.15) is 5.82 Å². The van der Waals surface area contributed by atoms with Gasteiger partial charge in [-0.2, -0.15) is 5.10 Å². The molecule has 0 radical (unpaired) electrons. The first-order valence-corrected chi connectivity index (χ1v) is 6.23. The molecule has 0 aromatic carbocycles. The van der Waals surface area contributed by atoms with Crippen molar-refractivity contribution in [1.82, 2.24) is 19.7 Å². The third-order valence-corrected chi connectivity index (χ3v) is 3.30. The summed E-state index contributed by atoms with van der Waals surface area (Å²) in [7, 11) is 1.96. The van der Waals surface area contributed by atoms with Crippen molar-refractivity contribution in [2.24, 2.45) is 7.05 Å². The van der Waals surface area contributed by atoms with Crippen molar-refractivity contribution in [3.8, 4) is 11.4 Å². The molecule has 0 unspecified atom stereocenters. The molecule has 1 saturated heterocycles. The van der Waals surface area contributed by atoms with E-state index in [9.17, 15) is 0 Å². The Bertz CT molecular complexity index is 517. The average Bonchev–Trinajstić information content (AvgIpc) is 2.83. The molecule has 0 spiro atoms. The fourth-order valence-electron chi connectivity index (χ4n) is 2.33. The molecule has 1 aliphatic heterocycles. The van der Waals surface area contributed by atoms with E-state index in [1.165, 1.54) is 0 Å². The second-order valence-electron chi connectivity index (χ2n) is 4.55. The van der Waals surface area contributed by atoms with Crippen LogP contribution in [0.1, 0.15) is 24.6 Å². The van der Waals surface area contributed by atoms with Crippen LogP contribution in [0, 0.1) is 0 Å². The molecular weight excluding hydrogens is 228 g/mol. The predicted octanol–water partition coefficient (Wildman–Crippen LogP) is 1.77. The highest BCUT2D eigenvalue weighted by Crippen LogP contribution is 2.26. The molecule has 5 nitrogen and oxygen atoms in total. The lowest BCUT2D eigenvalue weighted by molar-refractivity contribution is 0.0828. The Morgan fingerprint density at radius 2 is 2.17 bits per heavy atom. The van der Waals surface area contributed by atoms with Crippen molar-refractivity contribution >= 4 is 0 Å². The lowest BCUT2D eigenvalue weighted by Crippen LogP contribution is -2.17. The van der Waals surface area contributed by atoms with Crippen LogP contribution in [0.4, 0.5) is 0 Å². The summed E-state index contributed by atoms with van der Waals surface area (Å²) in [4.78, 5) is 8.76. The van der Waals surface area contributed by atoms with Crippen LogP contribution in [0.5, 0.6) is 0 Å². The van der Waals surface area contributed by atoms with Gasteiger partial charge in [0.05, 0.1) is 0 Å². The van der Waals surface area contributed by atoms with Gasteiger partial charge in [0.25, 0.3) is 0 Å². The normalized spacial score (nSPS) is 16.9. The Kier molecular flexibility index (Phi) is 3.06. The molecule has 0 bridgehead atoms. The van der Waals surface area contributed by atoms with Crippen LogP contribution in [0.25, 0.3) is 11.4 Å². The Morgan fingerprint density at radius 1 is 1.33 bits per heavy atom. The first-order chi connectivity index (χ1) is 8.84. The van der Waals surface area contributed by atoms with Crippen molar-refractivity contribution in [3.05, 3.63) is 30.4 Å². The molecule has 1 fully saturated rings. The first-order valence-electron chi connectivity index (χ1n) is 6.23. The second-order valence-corrected chi connectivity index (χ2v) is 4.55. The number of aryl methyl sites for hydroxylation is 1. The average molecular weight is 244 g/mol. The topological polar surface area (TPSA) is 52.8 Å². The maximum Gasteiger partial charge on any atom is 0.182 e. The summed E-state index contributed by atoms with van der Waals surface area (Å²) in [6, 6.07) is 3.88. The smallest absolute Gasteiger partial charge is 0.182 e. The third kappa shape index (κ3) is 2.13. The molecule has 0 N–H and O–H groups in total. The summed E-state index contributed by atoms with van der Waals surface area (Å²) in [5.74, 6) is 2.27. The summed E-state index contributed by atoms with van der Waals surface area (Å²) in [5.41, 5.74) is 0.964. The number of nitrogens with zero attached hydrogens (tertiary/aromatic N) is 4. The third-order valence-electron chi connectivity index (χ3n) is 3.30. The zero-order valence-corrected chi connectivity index (χ0v) is 10.4. The van der Waals surface area contributed by atoms with Gasteiger partial charge in [-0.25, -0.2) is 4.98 Å². The van der Waals surface area contributed by atoms with E-state index < -0.39 is 0 Å². The molecule has 0 atom stereocenters. The standard InChI is InChI=1S/C13H16N4O/c1-17-13(10-4-7-18-8-5-10)15-12(16-17)11-3-2-6-14-9-11/h2-3,6,9-10H,4-5,7-8H2,1H3. The van der Waals surface area contributed by atoms with Crippen molar-refractivity contribution in [2.75, 3.05) is 13.2 Å². The number of pyridine rings is 1. The Labute approximate surface area is 106 Å². The SMILES string of the molecule is Cn1nc(-c2cccnc2)nc1C1CCOCC1. The van der Waals surface area contributed by atoms with Crippen molar-refractivity contribution in [1.29, 1.82) is 0 Å². The van der Waals surface area contributed by atoms with Gasteiger partial charge in [-0.15, -0.1) is 0 Å². The number of ether oxygens (including phenoxy) is 1. The Morgan fingerprint density at radius 3 is 2.89 bits per heavy atom. The van der Waals surface area contributed by atoms with Gasteiger partial charge >= 0.3 is 0 Å². The van der Waals surface area contributed by atoms with Crippen molar-refractivity contribution in [2.45, 2.75) is 18.8 Å². The molecular formula is C13H16N4O. The van der Waals surface area contributed by atoms with Crippen LogP contribution in [-0.4, -0.2) is 33.0 Å². The fourth-order valence-corrected chi connectivity index (χ4v) is 2.33. The minimum absolute atomic E-state index is 0.460. The molecule has 3 rings (SSSR count). The number of aromatic nitrogens is 4. The molecule has 3 heterocycles. The Balaban J connectivity index is 1.91. The predicted molar refractivity (Wildman–Crippen MR) is 67.0 cm³/mol. The number of rotatable bonds is 2. The zero-order chi connectivity index (χ0) is 12.4. The molecule has 18 heavy (non-hydrogen) atoms. The number of hydrogen-bond acceptors (Lipinski definition) is 4. The second kappa shape index (κ2) is 4.86. The Hall–Kier alpha value is -1.75. The van der Waals surface area contributed by atoms with Crippen LogP contribution in [0.15, 0.2) is 24.5 Å². The lowest BCUT2D eigenvalue weighted by atomic mass is 9.99. The maximum absolute atomic E-state index is 5.39. The summed E-state index contributed by atoms with van der Waals surface area (Å²) in [5, 5.41) is 4.48. The summed E-state index contributed by atoms with van der Waals surface area (Å²) in [6.07, 6.45) is 5.60. The highest BCUT2D eigenvalue weighted by atomic mass is 16.5. The van der Waals surface area contributed by atoms with E-state index in [-0.39, 0.29) is 0 Å². The van der Waals surface area contributed by atoms with Crippen LogP contribution >= 0.6 is 0 Å². The largest absolute Gasteiger partial charge is 0.381 e. The van der Waals surface area contributed by atoms with E-state index in [0.717, 1.165) is 43.3 Å². The minimum atomic E-state index is 0.460. The van der Waals surface area contributed by atoms with Gasteiger partial charge < -0.3 is 4.74 Å². The van der Waals surface area contributed by atoms with Gasteiger partial charge in [-0.05, 0) is 25.0 Å². The van der Waals surface area contributed by atoms with Crippen LogP contribution in [-0.2, 0) is 11.8 Å². The molecule has 2 aromatic heterocycles. The quantitative estimate of drug-likeness (QED) is 0.808. The van der Waals surface area contributed by atoms with E-state index in [1.54, 1.807) is 12.4 Å². The lowest BCUT2D eigenvalue weighted by Gasteiger charge is -2.20. The van der Waals surface area contributed by atoms with Gasteiger partial charge in [0, 0.05) is 44.1 Å². The van der Waals surface area contributed by atoms with E-state index in [4.69, 9.17) is 4.74 Å². The van der Waals surface area contributed by atoms with Crippen molar-refractivity contribution < 1.29 is 4.74 Å². The maximum atomic E-state index is 5.39. The zero-order valence-electron chi connectivity index (χ0n) is 10.4. The van der Waals surface area contributed by atoms with Crippen LogP contribution < -0.4 is 0 Å². The van der Waals surface area contributed by atoms with Gasteiger partial charge in [-0.1, -0.05) is 0 Å². The van der Waals surface area contributed by atoms with Crippen LogP contribution in [0.3, 0.4) is 0 Å². The molecule has 0 saturated carbocycles. The summed E-state index contributed by atoms with van der Waals surface area (Å²) < 4.78 is 7.27. The van der Waals surface area contributed by atoms with Crippen LogP contribution in [0.2, 0.25) is 0 Å². The molecule has 0 amide bonds. The highest BCUT2D eigenvalue weighted by molar-refractivity contribution is 5.52. The fraction of sp³-hybridized carbons (Fsp3) is 0.462. The first kappa shape index (κ1) is 11.3. The molecule has 1 aliphatic rings. The van der Waals surface area contributed by atoms with Gasteiger partial charge in [-0.3, -0.25) is 9.67 Å². The van der Waals surface area contributed by atoms with Gasteiger partial charge in [0.2, 0.25) is 0 Å². The van der Waals surface area contributed by atoms with Crippen molar-refractivity contribution in [3.63, 3.8) is 0 Å². The number of hydrogen-bond donors (Lipinski definition) is 0. The summed E-state index contributed by atoms with van der Waals surface area (Å²) in [6.45, 7) is 1.64. The molecule has 94 valence electrons. The minimum Gasteiger partial charge on any atom is -0.381 e. The highest BCUT2D eigenvalue weighted by Gasteiger charge is 2.21. The monoisotopic (exact) mass is 244 g/mol. The molecule has 2 aromatic rings. The van der Waals surface area contributed by atoms with E-state index >= 15 is 0 Å².